The van der Waals surface area contributed by atoms with Gasteiger partial charge in [-0.05, 0) is 30.4 Å². The maximum absolute atomic E-state index is 4.45. The van der Waals surface area contributed by atoms with Gasteiger partial charge in [0.25, 0.3) is 0 Å². The van der Waals surface area contributed by atoms with Crippen molar-refractivity contribution >= 4 is 5.69 Å². The maximum Gasteiger partial charge on any atom is 0.0591 e. The number of hydrogen-bond donors (Lipinski definition) is 1. The standard InChI is InChI=1S/C14H21N3/c1-2-3-11-8-16-10-14-13(11)5-4-12-9-15-6-7-17(12)14/h8,10,12,15H,2-7,9H2,1H3. The molecule has 2 aliphatic rings. The van der Waals surface area contributed by atoms with Crippen molar-refractivity contribution in [2.24, 2.45) is 0 Å². The lowest BCUT2D eigenvalue weighted by Crippen LogP contribution is -2.53. The highest BCUT2D eigenvalue weighted by Crippen LogP contribution is 2.33. The number of fused-ring (bicyclic) bond motifs is 3. The summed E-state index contributed by atoms with van der Waals surface area (Å²) in [4.78, 5) is 7.02. The molecule has 1 aromatic heterocycles. The summed E-state index contributed by atoms with van der Waals surface area (Å²) in [7, 11) is 0. The van der Waals surface area contributed by atoms with Gasteiger partial charge in [0.1, 0.15) is 0 Å². The van der Waals surface area contributed by atoms with Gasteiger partial charge in [-0.2, -0.15) is 0 Å². The van der Waals surface area contributed by atoms with Crippen LogP contribution in [0.25, 0.3) is 0 Å². The van der Waals surface area contributed by atoms with E-state index in [2.05, 4.69) is 34.5 Å². The smallest absolute Gasteiger partial charge is 0.0591 e. The Kier molecular flexibility index (Phi) is 3.02. The van der Waals surface area contributed by atoms with Gasteiger partial charge < -0.3 is 10.2 Å². The molecule has 3 rings (SSSR count). The summed E-state index contributed by atoms with van der Waals surface area (Å²) in [6.07, 6.45) is 9.06. The molecular weight excluding hydrogens is 210 g/mol. The predicted octanol–water partition coefficient (Wildman–Crippen LogP) is 1.76. The summed E-state index contributed by atoms with van der Waals surface area (Å²) >= 11 is 0. The molecule has 0 spiro atoms. The summed E-state index contributed by atoms with van der Waals surface area (Å²) in [5.41, 5.74) is 4.45. The molecule has 17 heavy (non-hydrogen) atoms. The van der Waals surface area contributed by atoms with E-state index in [1.54, 1.807) is 5.56 Å². The average molecular weight is 231 g/mol. The number of pyridine rings is 1. The van der Waals surface area contributed by atoms with Crippen molar-refractivity contribution in [1.82, 2.24) is 10.3 Å². The van der Waals surface area contributed by atoms with Crippen molar-refractivity contribution in [3.8, 4) is 0 Å². The van der Waals surface area contributed by atoms with Gasteiger partial charge in [-0.3, -0.25) is 4.98 Å². The Hall–Kier alpha value is -1.09. The summed E-state index contributed by atoms with van der Waals surface area (Å²) in [6, 6.07) is 0.690. The van der Waals surface area contributed by atoms with Crippen molar-refractivity contribution in [2.45, 2.75) is 38.6 Å². The average Bonchev–Trinajstić information content (AvgIpc) is 2.39. The van der Waals surface area contributed by atoms with Crippen LogP contribution in [-0.2, 0) is 12.8 Å². The predicted molar refractivity (Wildman–Crippen MR) is 70.6 cm³/mol. The molecule has 1 fully saturated rings. The number of nitrogens with zero attached hydrogens (tertiary/aromatic N) is 2. The summed E-state index contributed by atoms with van der Waals surface area (Å²) < 4.78 is 0. The molecule has 0 aliphatic carbocycles. The number of rotatable bonds is 2. The first-order valence-corrected chi connectivity index (χ1v) is 6.83. The van der Waals surface area contributed by atoms with E-state index in [0.717, 1.165) is 19.6 Å². The summed E-state index contributed by atoms with van der Waals surface area (Å²) in [6.45, 7) is 5.62. The van der Waals surface area contributed by atoms with Gasteiger partial charge in [0.2, 0.25) is 0 Å². The lowest BCUT2D eigenvalue weighted by molar-refractivity contribution is 0.438. The molecule has 0 bridgehead atoms. The molecule has 3 heteroatoms. The monoisotopic (exact) mass is 231 g/mol. The Bertz CT molecular complexity index is 402. The van der Waals surface area contributed by atoms with Gasteiger partial charge in [0.15, 0.2) is 0 Å². The maximum atomic E-state index is 4.45. The van der Waals surface area contributed by atoms with Crippen LogP contribution in [0, 0.1) is 0 Å². The lowest BCUT2D eigenvalue weighted by atomic mass is 9.91. The van der Waals surface area contributed by atoms with Crippen molar-refractivity contribution in [1.29, 1.82) is 0 Å². The molecule has 3 heterocycles. The highest BCUT2D eigenvalue weighted by molar-refractivity contribution is 5.58. The number of nitrogens with one attached hydrogen (secondary N) is 1. The molecule has 0 amide bonds. The van der Waals surface area contributed by atoms with E-state index in [0.29, 0.717) is 6.04 Å². The van der Waals surface area contributed by atoms with Crippen molar-refractivity contribution in [3.63, 3.8) is 0 Å². The minimum Gasteiger partial charge on any atom is -0.365 e. The largest absolute Gasteiger partial charge is 0.365 e. The first-order chi connectivity index (χ1) is 8.40. The second-order valence-electron chi connectivity index (χ2n) is 5.14. The quantitative estimate of drug-likeness (QED) is 0.840. The van der Waals surface area contributed by atoms with E-state index >= 15 is 0 Å². The fourth-order valence-corrected chi connectivity index (χ4v) is 3.19. The highest BCUT2D eigenvalue weighted by Gasteiger charge is 2.29. The Morgan fingerprint density at radius 1 is 1.47 bits per heavy atom. The lowest BCUT2D eigenvalue weighted by Gasteiger charge is -2.42. The van der Waals surface area contributed by atoms with E-state index in [4.69, 9.17) is 0 Å². The van der Waals surface area contributed by atoms with Gasteiger partial charge in [0, 0.05) is 31.9 Å². The second-order valence-corrected chi connectivity index (χ2v) is 5.14. The topological polar surface area (TPSA) is 28.2 Å². The van der Waals surface area contributed by atoms with E-state index in [1.807, 2.05) is 0 Å². The Morgan fingerprint density at radius 3 is 3.29 bits per heavy atom. The van der Waals surface area contributed by atoms with Crippen LogP contribution in [0.2, 0.25) is 0 Å². The number of piperazine rings is 1. The molecule has 1 unspecified atom stereocenters. The molecule has 1 atom stereocenters. The SMILES string of the molecule is CCCc1cncc2c1CCC1CNCCN21. The molecule has 0 saturated carbocycles. The molecule has 2 aliphatic heterocycles. The van der Waals surface area contributed by atoms with Crippen LogP contribution < -0.4 is 10.2 Å². The van der Waals surface area contributed by atoms with Crippen molar-refractivity contribution in [3.05, 3.63) is 23.5 Å². The zero-order chi connectivity index (χ0) is 11.7. The number of hydrogen-bond acceptors (Lipinski definition) is 3. The van der Waals surface area contributed by atoms with Gasteiger partial charge in [-0.25, -0.2) is 0 Å². The Labute approximate surface area is 103 Å². The normalized spacial score (nSPS) is 23.1. The molecular formula is C14H21N3. The minimum atomic E-state index is 0.690. The van der Waals surface area contributed by atoms with Crippen LogP contribution in [0.1, 0.15) is 30.9 Å². The third kappa shape index (κ3) is 1.93. The Morgan fingerprint density at radius 2 is 2.41 bits per heavy atom. The van der Waals surface area contributed by atoms with Crippen LogP contribution >= 0.6 is 0 Å². The molecule has 1 N–H and O–H groups in total. The second kappa shape index (κ2) is 4.65. The number of aromatic nitrogens is 1. The zero-order valence-corrected chi connectivity index (χ0v) is 10.6. The van der Waals surface area contributed by atoms with Gasteiger partial charge in [0.05, 0.1) is 11.9 Å². The minimum absolute atomic E-state index is 0.690. The fraction of sp³-hybridized carbons (Fsp3) is 0.643. The van der Waals surface area contributed by atoms with E-state index in [9.17, 15) is 0 Å². The van der Waals surface area contributed by atoms with Gasteiger partial charge in [-0.1, -0.05) is 13.3 Å². The molecule has 92 valence electrons. The zero-order valence-electron chi connectivity index (χ0n) is 10.6. The van der Waals surface area contributed by atoms with Crippen LogP contribution in [0.4, 0.5) is 5.69 Å². The van der Waals surface area contributed by atoms with Gasteiger partial charge >= 0.3 is 0 Å². The molecule has 3 nitrogen and oxygen atoms in total. The molecule has 0 aromatic carbocycles. The van der Waals surface area contributed by atoms with Crippen molar-refractivity contribution in [2.75, 3.05) is 24.5 Å². The van der Waals surface area contributed by atoms with E-state index in [-0.39, 0.29) is 0 Å². The highest BCUT2D eigenvalue weighted by atomic mass is 15.2. The van der Waals surface area contributed by atoms with E-state index < -0.39 is 0 Å². The third-order valence-electron chi connectivity index (χ3n) is 4.03. The first-order valence-electron chi connectivity index (χ1n) is 6.83. The summed E-state index contributed by atoms with van der Waals surface area (Å²) in [5, 5.41) is 3.49. The van der Waals surface area contributed by atoms with Crippen LogP contribution in [0.15, 0.2) is 12.4 Å². The molecule has 1 aromatic rings. The number of anilines is 1. The van der Waals surface area contributed by atoms with Gasteiger partial charge in [-0.15, -0.1) is 0 Å². The Balaban J connectivity index is 1.96. The first kappa shape index (κ1) is 11.0. The van der Waals surface area contributed by atoms with E-state index in [1.165, 1.54) is 36.9 Å². The molecule has 1 saturated heterocycles. The van der Waals surface area contributed by atoms with Crippen LogP contribution in [0.3, 0.4) is 0 Å². The summed E-state index contributed by atoms with van der Waals surface area (Å²) in [5.74, 6) is 0. The fourth-order valence-electron chi connectivity index (χ4n) is 3.19. The van der Waals surface area contributed by atoms with Crippen LogP contribution in [-0.4, -0.2) is 30.7 Å². The van der Waals surface area contributed by atoms with Crippen LogP contribution in [0.5, 0.6) is 0 Å². The molecule has 0 radical (unpaired) electrons. The third-order valence-corrected chi connectivity index (χ3v) is 4.03. The number of aryl methyl sites for hydroxylation is 1. The van der Waals surface area contributed by atoms with Crippen molar-refractivity contribution < 1.29 is 0 Å².